The summed E-state index contributed by atoms with van der Waals surface area (Å²) < 4.78 is 39.7. The van der Waals surface area contributed by atoms with Gasteiger partial charge in [0, 0.05) is 41.9 Å². The van der Waals surface area contributed by atoms with Crippen molar-refractivity contribution >= 4 is 56.2 Å². The molecule has 0 spiro atoms. The van der Waals surface area contributed by atoms with Crippen LogP contribution in [0.15, 0.2) is 47.4 Å². The molecule has 2 aromatic carbocycles. The Morgan fingerprint density at radius 3 is 2.11 bits per heavy atom. The van der Waals surface area contributed by atoms with E-state index in [0.717, 1.165) is 12.1 Å². The van der Waals surface area contributed by atoms with Crippen LogP contribution in [0.5, 0.6) is 0 Å². The largest absolute Gasteiger partial charge is 0.346 e. The van der Waals surface area contributed by atoms with Crippen molar-refractivity contribution in [2.75, 3.05) is 31.5 Å². The first kappa shape index (κ1) is 20.3. The summed E-state index contributed by atoms with van der Waals surface area (Å²) in [5.41, 5.74) is 0.666. The van der Waals surface area contributed by atoms with Gasteiger partial charge in [-0.05, 0) is 54.7 Å². The minimum atomic E-state index is -3.66. The molecule has 1 aliphatic heterocycles. The van der Waals surface area contributed by atoms with Gasteiger partial charge in [-0.15, -0.1) is 0 Å². The molecule has 27 heavy (non-hydrogen) atoms. The third-order valence-corrected chi connectivity index (χ3v) is 6.80. The van der Waals surface area contributed by atoms with Crippen molar-refractivity contribution in [1.29, 1.82) is 0 Å². The number of sulfonamides is 1. The van der Waals surface area contributed by atoms with E-state index in [4.69, 9.17) is 35.4 Å². The molecule has 144 valence electrons. The van der Waals surface area contributed by atoms with Crippen LogP contribution < -0.4 is 5.32 Å². The van der Waals surface area contributed by atoms with E-state index in [-0.39, 0.29) is 18.0 Å². The van der Waals surface area contributed by atoms with E-state index in [1.807, 2.05) is 4.90 Å². The molecule has 3 rings (SSSR count). The number of rotatable bonds is 3. The van der Waals surface area contributed by atoms with Crippen LogP contribution in [-0.4, -0.2) is 48.9 Å². The highest BCUT2D eigenvalue weighted by atomic mass is 35.5. The highest BCUT2D eigenvalue weighted by Crippen LogP contribution is 2.23. The van der Waals surface area contributed by atoms with E-state index < -0.39 is 15.8 Å². The molecular formula is C17H16Cl2FN3O2S2. The zero-order chi connectivity index (χ0) is 19.6. The Balaban J connectivity index is 1.62. The average molecular weight is 448 g/mol. The number of anilines is 1. The van der Waals surface area contributed by atoms with Gasteiger partial charge in [0.2, 0.25) is 10.0 Å². The summed E-state index contributed by atoms with van der Waals surface area (Å²) in [5.74, 6) is -0.476. The molecule has 5 nitrogen and oxygen atoms in total. The number of nitrogens with one attached hydrogen (secondary N) is 1. The molecule has 1 saturated heterocycles. The highest BCUT2D eigenvalue weighted by Gasteiger charge is 2.29. The summed E-state index contributed by atoms with van der Waals surface area (Å²) in [4.78, 5) is 1.95. The fourth-order valence-corrected chi connectivity index (χ4v) is 4.96. The topological polar surface area (TPSA) is 52.7 Å². The second-order valence-electron chi connectivity index (χ2n) is 5.93. The molecule has 0 unspecified atom stereocenters. The molecular weight excluding hydrogens is 432 g/mol. The molecule has 10 heteroatoms. The Kier molecular flexibility index (Phi) is 6.22. The summed E-state index contributed by atoms with van der Waals surface area (Å²) in [6, 6.07) is 9.84. The zero-order valence-corrected chi connectivity index (χ0v) is 17.2. The van der Waals surface area contributed by atoms with Crippen molar-refractivity contribution in [3.8, 4) is 0 Å². The Morgan fingerprint density at radius 2 is 1.56 bits per heavy atom. The van der Waals surface area contributed by atoms with E-state index in [9.17, 15) is 12.8 Å². The maximum Gasteiger partial charge on any atom is 0.243 e. The first-order valence-corrected chi connectivity index (χ1v) is 10.6. The quantitative estimate of drug-likeness (QED) is 0.724. The Morgan fingerprint density at radius 1 is 1.00 bits per heavy atom. The van der Waals surface area contributed by atoms with Crippen molar-refractivity contribution in [2.45, 2.75) is 4.90 Å². The van der Waals surface area contributed by atoms with Gasteiger partial charge in [-0.2, -0.15) is 4.31 Å². The van der Waals surface area contributed by atoms with Crippen LogP contribution in [0.4, 0.5) is 10.1 Å². The van der Waals surface area contributed by atoms with Crippen LogP contribution in [0.2, 0.25) is 10.0 Å². The molecule has 1 heterocycles. The number of halogens is 3. The summed E-state index contributed by atoms with van der Waals surface area (Å²) in [5, 5.41) is 4.51. The molecule has 0 saturated carbocycles. The van der Waals surface area contributed by atoms with E-state index in [1.54, 1.807) is 18.2 Å². The van der Waals surface area contributed by atoms with Gasteiger partial charge < -0.3 is 10.2 Å². The van der Waals surface area contributed by atoms with E-state index in [0.29, 0.717) is 33.9 Å². The van der Waals surface area contributed by atoms with Gasteiger partial charge in [0.1, 0.15) is 5.82 Å². The van der Waals surface area contributed by atoms with Gasteiger partial charge in [0.25, 0.3) is 0 Å². The summed E-state index contributed by atoms with van der Waals surface area (Å²) >= 11 is 17.4. The third kappa shape index (κ3) is 4.89. The van der Waals surface area contributed by atoms with Crippen molar-refractivity contribution < 1.29 is 12.8 Å². The van der Waals surface area contributed by atoms with Gasteiger partial charge in [-0.1, -0.05) is 23.2 Å². The second kappa shape index (κ2) is 8.28. The van der Waals surface area contributed by atoms with Gasteiger partial charge in [-0.25, -0.2) is 12.8 Å². The maximum atomic E-state index is 13.0. The van der Waals surface area contributed by atoms with Crippen LogP contribution in [0.3, 0.4) is 0 Å². The second-order valence-corrected chi connectivity index (χ2v) is 9.13. The monoisotopic (exact) mass is 447 g/mol. The fraction of sp³-hybridized carbons (Fsp3) is 0.235. The van der Waals surface area contributed by atoms with E-state index in [2.05, 4.69) is 5.32 Å². The molecule has 2 aromatic rings. The van der Waals surface area contributed by atoms with Crippen molar-refractivity contribution in [1.82, 2.24) is 9.21 Å². The lowest BCUT2D eigenvalue weighted by Gasteiger charge is -2.35. The number of benzene rings is 2. The lowest BCUT2D eigenvalue weighted by Crippen LogP contribution is -2.51. The van der Waals surface area contributed by atoms with Gasteiger partial charge in [0.05, 0.1) is 4.90 Å². The molecule has 0 aromatic heterocycles. The van der Waals surface area contributed by atoms with Gasteiger partial charge in [0.15, 0.2) is 5.11 Å². The van der Waals surface area contributed by atoms with Crippen molar-refractivity contribution in [3.05, 3.63) is 58.3 Å². The third-order valence-electron chi connectivity index (χ3n) is 4.09. The van der Waals surface area contributed by atoms with Crippen LogP contribution in [-0.2, 0) is 10.0 Å². The molecule has 1 N–H and O–H groups in total. The minimum absolute atomic E-state index is 0.0756. The smallest absolute Gasteiger partial charge is 0.243 e. The first-order chi connectivity index (χ1) is 12.8. The molecule has 1 aliphatic rings. The molecule has 1 fully saturated rings. The predicted octanol–water partition coefficient (Wildman–Crippen LogP) is 3.84. The van der Waals surface area contributed by atoms with Gasteiger partial charge >= 0.3 is 0 Å². The SMILES string of the molecule is O=S(=O)(c1ccc(F)cc1)N1CCN(C(=S)Nc2cc(Cl)cc(Cl)c2)CC1. The van der Waals surface area contributed by atoms with Crippen LogP contribution in [0.1, 0.15) is 0 Å². The molecule has 0 amide bonds. The number of hydrogen-bond donors (Lipinski definition) is 1. The number of nitrogens with zero attached hydrogens (tertiary/aromatic N) is 2. The Labute approximate surface area is 172 Å². The maximum absolute atomic E-state index is 13.0. The van der Waals surface area contributed by atoms with Crippen molar-refractivity contribution in [3.63, 3.8) is 0 Å². The van der Waals surface area contributed by atoms with Crippen LogP contribution >= 0.6 is 35.4 Å². The van der Waals surface area contributed by atoms with E-state index >= 15 is 0 Å². The van der Waals surface area contributed by atoms with Gasteiger partial charge in [-0.3, -0.25) is 0 Å². The van der Waals surface area contributed by atoms with Crippen molar-refractivity contribution in [2.24, 2.45) is 0 Å². The number of piperazine rings is 1. The molecule has 0 bridgehead atoms. The van der Waals surface area contributed by atoms with Crippen LogP contribution in [0.25, 0.3) is 0 Å². The predicted molar refractivity (Wildman–Crippen MR) is 109 cm³/mol. The fourth-order valence-electron chi connectivity index (χ4n) is 2.72. The minimum Gasteiger partial charge on any atom is -0.346 e. The molecule has 0 radical (unpaired) electrons. The standard InChI is InChI=1S/C17H16Cl2FN3O2S2/c18-12-9-13(19)11-15(10-12)21-17(26)22-5-7-23(8-6-22)27(24,25)16-3-1-14(20)2-4-16/h1-4,9-11H,5-8H2,(H,21,26). The van der Waals surface area contributed by atoms with E-state index in [1.165, 1.54) is 16.4 Å². The average Bonchev–Trinajstić information content (AvgIpc) is 2.61. The summed E-state index contributed by atoms with van der Waals surface area (Å²) in [7, 11) is -3.66. The normalized spacial score (nSPS) is 15.6. The number of thiocarbonyl (C=S) groups is 1. The molecule has 0 aliphatic carbocycles. The highest BCUT2D eigenvalue weighted by molar-refractivity contribution is 7.89. The lowest BCUT2D eigenvalue weighted by atomic mass is 10.3. The Hall–Kier alpha value is -1.45. The first-order valence-electron chi connectivity index (χ1n) is 8.03. The summed E-state index contributed by atoms with van der Waals surface area (Å²) in [6.07, 6.45) is 0. The summed E-state index contributed by atoms with van der Waals surface area (Å²) in [6.45, 7) is 1.41. The lowest BCUT2D eigenvalue weighted by molar-refractivity contribution is 0.268. The van der Waals surface area contributed by atoms with Crippen LogP contribution in [0, 0.1) is 5.82 Å². The number of hydrogen-bond acceptors (Lipinski definition) is 3. The molecule has 0 atom stereocenters. The zero-order valence-electron chi connectivity index (χ0n) is 14.0. The Bertz CT molecular complexity index is 927.